The minimum Gasteiger partial charge on any atom is -0.461 e. The summed E-state index contributed by atoms with van der Waals surface area (Å²) < 4.78 is 7.23. The molecule has 0 spiro atoms. The molecule has 2 aromatic carbocycles. The number of nitrogens with zero attached hydrogens (tertiary/aromatic N) is 3. The van der Waals surface area contributed by atoms with Gasteiger partial charge in [-0.25, -0.2) is 0 Å². The lowest BCUT2D eigenvalue weighted by atomic mass is 10.1. The second kappa shape index (κ2) is 10.9. The molecule has 34 heavy (non-hydrogen) atoms. The first-order valence-electron chi connectivity index (χ1n) is 10.2. The van der Waals surface area contributed by atoms with E-state index >= 15 is 0 Å². The molecule has 2 amide bonds. The van der Waals surface area contributed by atoms with Crippen LogP contribution < -0.4 is 10.6 Å². The van der Waals surface area contributed by atoms with Crippen molar-refractivity contribution in [2.75, 3.05) is 16.4 Å². The van der Waals surface area contributed by atoms with Crippen molar-refractivity contribution in [1.29, 1.82) is 0 Å². The summed E-state index contributed by atoms with van der Waals surface area (Å²) in [5.74, 6) is 0.563. The first kappa shape index (κ1) is 23.3. The largest absolute Gasteiger partial charge is 0.461 e. The zero-order chi connectivity index (χ0) is 23.9. The number of hydrogen-bond acceptors (Lipinski definition) is 6. The van der Waals surface area contributed by atoms with Gasteiger partial charge >= 0.3 is 0 Å². The molecule has 0 aliphatic rings. The maximum absolute atomic E-state index is 12.8. The third-order valence-electron chi connectivity index (χ3n) is 4.65. The number of benzene rings is 2. The summed E-state index contributed by atoms with van der Waals surface area (Å²) >= 11 is 7.12. The van der Waals surface area contributed by atoms with Crippen LogP contribution in [0.3, 0.4) is 0 Å². The molecule has 2 N–H and O–H groups in total. The third-order valence-corrected chi connectivity index (χ3v) is 5.87. The fourth-order valence-electron chi connectivity index (χ4n) is 3.12. The van der Waals surface area contributed by atoms with E-state index in [2.05, 4.69) is 27.4 Å². The second-order valence-electron chi connectivity index (χ2n) is 7.03. The van der Waals surface area contributed by atoms with Crippen molar-refractivity contribution in [3.63, 3.8) is 0 Å². The predicted molar refractivity (Wildman–Crippen MR) is 133 cm³/mol. The van der Waals surface area contributed by atoms with Gasteiger partial charge in [-0.1, -0.05) is 41.6 Å². The highest BCUT2D eigenvalue weighted by atomic mass is 35.5. The lowest BCUT2D eigenvalue weighted by Crippen LogP contribution is -2.19. The summed E-state index contributed by atoms with van der Waals surface area (Å²) in [6.45, 7) is 4.23. The van der Waals surface area contributed by atoms with Gasteiger partial charge in [0.25, 0.3) is 5.91 Å². The van der Waals surface area contributed by atoms with E-state index in [4.69, 9.17) is 16.0 Å². The van der Waals surface area contributed by atoms with Crippen LogP contribution in [0.4, 0.5) is 11.4 Å². The van der Waals surface area contributed by atoms with Gasteiger partial charge in [0.15, 0.2) is 10.9 Å². The number of allylic oxidation sites excluding steroid dienone is 1. The van der Waals surface area contributed by atoms with Crippen molar-refractivity contribution in [2.24, 2.45) is 0 Å². The molecule has 0 unspecified atom stereocenters. The van der Waals surface area contributed by atoms with Gasteiger partial charge in [-0.15, -0.1) is 16.8 Å². The zero-order valence-electron chi connectivity index (χ0n) is 17.9. The molecule has 2 aromatic heterocycles. The number of nitrogens with one attached hydrogen (secondary N) is 2. The van der Waals surface area contributed by atoms with Gasteiger partial charge in [0.2, 0.25) is 11.7 Å². The number of furan rings is 1. The molecule has 0 bridgehead atoms. The topological polar surface area (TPSA) is 102 Å². The van der Waals surface area contributed by atoms with Crippen LogP contribution in [0.15, 0.2) is 89.2 Å². The molecule has 0 atom stereocenters. The zero-order valence-corrected chi connectivity index (χ0v) is 19.5. The fourth-order valence-corrected chi connectivity index (χ4v) is 3.99. The first-order chi connectivity index (χ1) is 16.5. The van der Waals surface area contributed by atoms with Gasteiger partial charge in [-0.2, -0.15) is 0 Å². The van der Waals surface area contributed by atoms with Gasteiger partial charge < -0.3 is 15.1 Å². The molecule has 0 aliphatic heterocycles. The van der Waals surface area contributed by atoms with Crippen molar-refractivity contribution in [1.82, 2.24) is 14.8 Å². The normalized spacial score (nSPS) is 10.6. The number of para-hydroxylation sites is 1. The maximum atomic E-state index is 12.8. The summed E-state index contributed by atoms with van der Waals surface area (Å²) in [7, 11) is 0. The Kier molecular flexibility index (Phi) is 7.46. The van der Waals surface area contributed by atoms with E-state index in [1.54, 1.807) is 73.0 Å². The maximum Gasteiger partial charge on any atom is 0.257 e. The molecular weight excluding hydrogens is 474 g/mol. The quantitative estimate of drug-likeness (QED) is 0.240. The highest BCUT2D eigenvalue weighted by molar-refractivity contribution is 7.99. The smallest absolute Gasteiger partial charge is 0.257 e. The average Bonchev–Trinajstić information content (AvgIpc) is 3.50. The lowest BCUT2D eigenvalue weighted by Gasteiger charge is -2.12. The Morgan fingerprint density at radius 3 is 2.59 bits per heavy atom. The van der Waals surface area contributed by atoms with Crippen molar-refractivity contribution < 1.29 is 14.0 Å². The number of hydrogen-bond donors (Lipinski definition) is 2. The Morgan fingerprint density at radius 1 is 1.06 bits per heavy atom. The summed E-state index contributed by atoms with van der Waals surface area (Å²) in [5.41, 5.74) is 1.34. The number of carbonyl (C=O) groups is 2. The molecule has 172 valence electrons. The van der Waals surface area contributed by atoms with Crippen LogP contribution in [0.5, 0.6) is 0 Å². The summed E-state index contributed by atoms with van der Waals surface area (Å²) in [6.07, 6.45) is 3.28. The monoisotopic (exact) mass is 493 g/mol. The molecule has 10 heteroatoms. The van der Waals surface area contributed by atoms with Crippen LogP contribution in [0.1, 0.15) is 10.4 Å². The molecule has 0 saturated carbocycles. The number of halogens is 1. The van der Waals surface area contributed by atoms with Gasteiger partial charge in [0.05, 0.1) is 23.3 Å². The SMILES string of the molecule is C=CCn1c(SCC(=O)Nc2ccccc2C(=O)Nc2ccc(Cl)cc2)nnc1-c1ccco1. The Bertz CT molecular complexity index is 1300. The number of thioether (sulfide) groups is 1. The Morgan fingerprint density at radius 2 is 1.85 bits per heavy atom. The van der Waals surface area contributed by atoms with E-state index in [0.29, 0.717) is 45.2 Å². The summed E-state index contributed by atoms with van der Waals surface area (Å²) in [6, 6.07) is 17.1. The van der Waals surface area contributed by atoms with Crippen molar-refractivity contribution >= 4 is 46.6 Å². The highest BCUT2D eigenvalue weighted by Gasteiger charge is 2.18. The third kappa shape index (κ3) is 5.56. The van der Waals surface area contributed by atoms with Gasteiger partial charge in [0.1, 0.15) is 0 Å². The van der Waals surface area contributed by atoms with Crippen LogP contribution in [0, 0.1) is 0 Å². The average molecular weight is 494 g/mol. The van der Waals surface area contributed by atoms with Gasteiger partial charge in [-0.05, 0) is 48.5 Å². The summed E-state index contributed by atoms with van der Waals surface area (Å²) in [5, 5.41) is 15.1. The van der Waals surface area contributed by atoms with Crippen LogP contribution in [-0.4, -0.2) is 32.3 Å². The van der Waals surface area contributed by atoms with Crippen LogP contribution in [0.2, 0.25) is 5.02 Å². The molecule has 4 rings (SSSR count). The number of anilines is 2. The molecule has 0 fully saturated rings. The van der Waals surface area contributed by atoms with Crippen LogP contribution >= 0.6 is 23.4 Å². The van der Waals surface area contributed by atoms with Gasteiger partial charge in [0, 0.05) is 17.3 Å². The molecular formula is C24H20ClN5O3S. The van der Waals surface area contributed by atoms with E-state index in [1.165, 1.54) is 11.8 Å². The number of amides is 2. The Hall–Kier alpha value is -3.82. The molecule has 2 heterocycles. The molecule has 8 nitrogen and oxygen atoms in total. The predicted octanol–water partition coefficient (Wildman–Crippen LogP) is 5.36. The van der Waals surface area contributed by atoms with E-state index < -0.39 is 0 Å². The van der Waals surface area contributed by atoms with Crippen LogP contribution in [-0.2, 0) is 11.3 Å². The molecule has 0 radical (unpaired) electrons. The summed E-state index contributed by atoms with van der Waals surface area (Å²) in [4.78, 5) is 25.5. The van der Waals surface area contributed by atoms with Gasteiger partial charge in [-0.3, -0.25) is 14.2 Å². The van der Waals surface area contributed by atoms with Crippen molar-refractivity contribution in [3.8, 4) is 11.6 Å². The fraction of sp³-hybridized carbons (Fsp3) is 0.0833. The minimum atomic E-state index is -0.348. The van der Waals surface area contributed by atoms with E-state index in [-0.39, 0.29) is 17.6 Å². The highest BCUT2D eigenvalue weighted by Crippen LogP contribution is 2.25. The minimum absolute atomic E-state index is 0.0700. The standard InChI is InChI=1S/C24H20ClN5O3S/c1-2-13-30-22(20-8-5-14-33-20)28-29-24(30)34-15-21(31)27-19-7-4-3-6-18(19)23(32)26-17-11-9-16(25)10-12-17/h2-12,14H,1,13,15H2,(H,26,32)(H,27,31). The van der Waals surface area contributed by atoms with Crippen LogP contribution in [0.25, 0.3) is 11.6 Å². The molecule has 0 saturated heterocycles. The van der Waals surface area contributed by atoms with E-state index in [1.807, 2.05) is 4.57 Å². The number of rotatable bonds is 9. The van der Waals surface area contributed by atoms with E-state index in [0.717, 1.165) is 0 Å². The Labute approximate surface area is 205 Å². The first-order valence-corrected chi connectivity index (χ1v) is 11.6. The molecule has 4 aromatic rings. The lowest BCUT2D eigenvalue weighted by molar-refractivity contribution is -0.113. The van der Waals surface area contributed by atoms with Crippen molar-refractivity contribution in [2.45, 2.75) is 11.7 Å². The molecule has 0 aliphatic carbocycles. The Balaban J connectivity index is 1.43. The van der Waals surface area contributed by atoms with E-state index in [9.17, 15) is 9.59 Å². The van der Waals surface area contributed by atoms with Crippen molar-refractivity contribution in [3.05, 3.63) is 90.2 Å². The second-order valence-corrected chi connectivity index (χ2v) is 8.41. The number of carbonyl (C=O) groups excluding carboxylic acids is 2. The number of aromatic nitrogens is 3.